The third-order valence-electron chi connectivity index (χ3n) is 1.47. The van der Waals surface area contributed by atoms with Gasteiger partial charge in [-0.25, -0.2) is 0 Å². The number of rotatable bonds is 0. The molecule has 0 saturated carbocycles. The number of hydrogen-bond acceptors (Lipinski definition) is 4. The van der Waals surface area contributed by atoms with Gasteiger partial charge < -0.3 is 16.5 Å². The van der Waals surface area contributed by atoms with Gasteiger partial charge in [0.25, 0.3) is 20.0 Å². The molecule has 1 heterocycles. The van der Waals surface area contributed by atoms with Crippen molar-refractivity contribution in [3.63, 3.8) is 0 Å². The van der Waals surface area contributed by atoms with Gasteiger partial charge in [-0.15, -0.1) is 0 Å². The van der Waals surface area contributed by atoms with Crippen LogP contribution in [0.25, 0.3) is 0 Å². The minimum absolute atomic E-state index is 0. The smallest absolute Gasteiger partial charge is 0.313 e. The summed E-state index contributed by atoms with van der Waals surface area (Å²) >= 11 is 0. The van der Waals surface area contributed by atoms with Crippen LogP contribution in [0.3, 0.4) is 0 Å². The van der Waals surface area contributed by atoms with E-state index in [0.717, 1.165) is 0 Å². The first-order valence-corrected chi connectivity index (χ1v) is 11.9. The van der Waals surface area contributed by atoms with Gasteiger partial charge in [-0.3, -0.25) is 0 Å². The molecule has 1 aliphatic rings. The maximum Gasteiger partial charge on any atom is 0.313 e. The molecule has 0 spiro atoms. The Morgan fingerprint density at radius 2 is 1.23 bits per heavy atom. The SMILES string of the molecule is C[Si]1(C)O[SiH2]O[SiH2]O[Si](C)(C)O1.[Ti]. The zero-order valence-electron chi connectivity index (χ0n) is 8.55. The molecule has 0 aliphatic carbocycles. The molecule has 0 N–H and O–H groups in total. The second kappa shape index (κ2) is 5.49. The minimum Gasteiger partial charge on any atom is -0.425 e. The summed E-state index contributed by atoms with van der Waals surface area (Å²) < 4.78 is 22.5. The third-order valence-corrected chi connectivity index (χ3v) is 13.2. The third kappa shape index (κ3) is 5.77. The summed E-state index contributed by atoms with van der Waals surface area (Å²) in [6, 6.07) is 0. The molecule has 76 valence electrons. The van der Waals surface area contributed by atoms with Crippen LogP contribution in [0.1, 0.15) is 0 Å². The molecule has 0 atom stereocenters. The second-order valence-corrected chi connectivity index (χ2v) is 14.5. The van der Waals surface area contributed by atoms with Crippen LogP contribution in [-0.2, 0) is 38.2 Å². The van der Waals surface area contributed by atoms with Crippen molar-refractivity contribution in [2.45, 2.75) is 26.2 Å². The Hall–Kier alpha value is 1.42. The standard InChI is InChI=1S/C4H16O4Si4.Ti/c1-11(2)6-9-5-10-7-12(3,4)8-11;/h9-10H2,1-4H3;. The first kappa shape index (κ1) is 14.4. The molecule has 0 bridgehead atoms. The van der Waals surface area contributed by atoms with Crippen LogP contribution >= 0.6 is 0 Å². The Balaban J connectivity index is 0.00000144. The van der Waals surface area contributed by atoms with Crippen LogP contribution < -0.4 is 0 Å². The Kier molecular flexibility index (Phi) is 6.09. The molecule has 1 saturated heterocycles. The topological polar surface area (TPSA) is 36.9 Å². The molecule has 1 fully saturated rings. The summed E-state index contributed by atoms with van der Waals surface area (Å²) in [5.74, 6) is 0. The molecule has 0 aromatic carbocycles. The van der Waals surface area contributed by atoms with Crippen molar-refractivity contribution in [1.82, 2.24) is 0 Å². The van der Waals surface area contributed by atoms with Gasteiger partial charge in [0.2, 0.25) is 0 Å². The summed E-state index contributed by atoms with van der Waals surface area (Å²) in [5.41, 5.74) is 0. The van der Waals surface area contributed by atoms with E-state index in [2.05, 4.69) is 0 Å². The maximum absolute atomic E-state index is 5.89. The van der Waals surface area contributed by atoms with Gasteiger partial charge in [0, 0.05) is 21.7 Å². The fraction of sp³-hybridized carbons (Fsp3) is 1.00. The van der Waals surface area contributed by atoms with Crippen LogP contribution in [0, 0.1) is 0 Å². The van der Waals surface area contributed by atoms with E-state index in [-0.39, 0.29) is 21.7 Å². The predicted octanol–water partition coefficient (Wildman–Crippen LogP) is -0.535. The summed E-state index contributed by atoms with van der Waals surface area (Å²) in [6.07, 6.45) is 0. The second-order valence-electron chi connectivity index (χ2n) is 3.63. The van der Waals surface area contributed by atoms with Crippen LogP contribution in [0.2, 0.25) is 26.2 Å². The average Bonchev–Trinajstić information content (AvgIpc) is 1.80. The van der Waals surface area contributed by atoms with Crippen molar-refractivity contribution in [2.75, 3.05) is 0 Å². The van der Waals surface area contributed by atoms with E-state index in [1.54, 1.807) is 0 Å². The van der Waals surface area contributed by atoms with Crippen LogP contribution in [0.15, 0.2) is 0 Å². The minimum atomic E-state index is -1.91. The van der Waals surface area contributed by atoms with Crippen LogP contribution in [0.5, 0.6) is 0 Å². The van der Waals surface area contributed by atoms with Crippen molar-refractivity contribution in [3.05, 3.63) is 0 Å². The summed E-state index contributed by atoms with van der Waals surface area (Å²) in [7, 11) is -5.44. The Morgan fingerprint density at radius 1 is 0.846 bits per heavy atom. The van der Waals surface area contributed by atoms with E-state index in [9.17, 15) is 0 Å². The van der Waals surface area contributed by atoms with Gasteiger partial charge in [0.05, 0.1) is 0 Å². The quantitative estimate of drug-likeness (QED) is 0.561. The fourth-order valence-electron chi connectivity index (χ4n) is 1.05. The number of hydrogen-bond donors (Lipinski definition) is 0. The molecule has 0 aromatic heterocycles. The Morgan fingerprint density at radius 3 is 1.62 bits per heavy atom. The normalized spacial score (nSPS) is 30.5. The van der Waals surface area contributed by atoms with Crippen molar-refractivity contribution >= 4 is 37.1 Å². The fourth-order valence-corrected chi connectivity index (χ4v) is 12.0. The zero-order valence-corrected chi connectivity index (χ0v) is 14.9. The molecule has 0 unspecified atom stereocenters. The van der Waals surface area contributed by atoms with Crippen LogP contribution in [-0.4, -0.2) is 37.1 Å². The average molecular weight is 288 g/mol. The summed E-state index contributed by atoms with van der Waals surface area (Å²) in [6.45, 7) is 8.20. The van der Waals surface area contributed by atoms with E-state index in [1.165, 1.54) is 0 Å². The van der Waals surface area contributed by atoms with Gasteiger partial charge in [-0.1, -0.05) is 0 Å². The van der Waals surface area contributed by atoms with Gasteiger partial charge in [-0.05, 0) is 26.2 Å². The molecule has 0 amide bonds. The van der Waals surface area contributed by atoms with E-state index in [0.29, 0.717) is 0 Å². The molecule has 0 radical (unpaired) electrons. The predicted molar refractivity (Wildman–Crippen MR) is 56.4 cm³/mol. The molecular weight excluding hydrogens is 272 g/mol. The largest absolute Gasteiger partial charge is 0.425 e. The molecule has 9 heteroatoms. The van der Waals surface area contributed by atoms with Gasteiger partial charge in [-0.2, -0.15) is 0 Å². The maximum atomic E-state index is 5.89. The van der Waals surface area contributed by atoms with E-state index < -0.39 is 37.1 Å². The van der Waals surface area contributed by atoms with Gasteiger partial charge in [0.1, 0.15) is 0 Å². The molecule has 0 aromatic rings. The monoisotopic (exact) mass is 288 g/mol. The van der Waals surface area contributed by atoms with E-state index in [4.69, 9.17) is 16.5 Å². The Bertz CT molecular complexity index is 150. The van der Waals surface area contributed by atoms with Crippen LogP contribution in [0.4, 0.5) is 0 Å². The van der Waals surface area contributed by atoms with Gasteiger partial charge in [0.15, 0.2) is 0 Å². The summed E-state index contributed by atoms with van der Waals surface area (Å²) in [5, 5.41) is 0. The summed E-state index contributed by atoms with van der Waals surface area (Å²) in [4.78, 5) is 0. The zero-order chi connectivity index (χ0) is 9.24. The molecule has 1 aliphatic heterocycles. The van der Waals surface area contributed by atoms with Crippen molar-refractivity contribution in [1.29, 1.82) is 0 Å². The van der Waals surface area contributed by atoms with E-state index in [1.807, 2.05) is 26.2 Å². The van der Waals surface area contributed by atoms with Gasteiger partial charge >= 0.3 is 17.1 Å². The Labute approximate surface area is 101 Å². The van der Waals surface area contributed by atoms with Crippen molar-refractivity contribution < 1.29 is 38.2 Å². The first-order valence-electron chi connectivity index (χ1n) is 3.97. The molecule has 13 heavy (non-hydrogen) atoms. The van der Waals surface area contributed by atoms with E-state index >= 15 is 0 Å². The molecule has 4 nitrogen and oxygen atoms in total. The molecule has 1 rings (SSSR count). The first-order chi connectivity index (χ1) is 5.41. The molecular formula is C4H16O4Si4Ti. The van der Waals surface area contributed by atoms with Crippen molar-refractivity contribution in [2.24, 2.45) is 0 Å². The van der Waals surface area contributed by atoms with Crippen molar-refractivity contribution in [3.8, 4) is 0 Å².